The Morgan fingerprint density at radius 3 is 2.60 bits per heavy atom. The summed E-state index contributed by atoms with van der Waals surface area (Å²) in [6.45, 7) is 2.66. The van der Waals surface area contributed by atoms with Crippen LogP contribution in [0.15, 0.2) is 73.7 Å². The van der Waals surface area contributed by atoms with Crippen molar-refractivity contribution in [2.45, 2.75) is 44.7 Å². The number of ether oxygens (including phenoxy) is 2. The summed E-state index contributed by atoms with van der Waals surface area (Å²) in [7, 11) is 0. The molecule has 0 aliphatic heterocycles. The average molecular weight is 603 g/mol. The lowest BCUT2D eigenvalue weighted by Gasteiger charge is -2.32. The molecule has 1 unspecified atom stereocenters. The zero-order chi connectivity index (χ0) is 30.3. The molecule has 0 spiro atoms. The molecule has 42 heavy (non-hydrogen) atoms. The zero-order valence-electron chi connectivity index (χ0n) is 22.6. The highest BCUT2D eigenvalue weighted by atomic mass is 32.2. The predicted molar refractivity (Wildman–Crippen MR) is 143 cm³/mol. The summed E-state index contributed by atoms with van der Waals surface area (Å²) in [5.74, 6) is -4.68. The van der Waals surface area contributed by atoms with Gasteiger partial charge in [0.1, 0.15) is 42.5 Å². The van der Waals surface area contributed by atoms with Crippen LogP contribution in [0.3, 0.4) is 0 Å². The van der Waals surface area contributed by atoms with Gasteiger partial charge in [-0.15, -0.1) is 4.68 Å². The molecule has 220 valence electrons. The first kappa shape index (κ1) is 30.7. The van der Waals surface area contributed by atoms with Gasteiger partial charge in [-0.25, -0.2) is 27.9 Å². The molecule has 3 atom stereocenters. The van der Waals surface area contributed by atoms with Crippen molar-refractivity contribution in [3.8, 4) is 0 Å². The highest BCUT2D eigenvalue weighted by molar-refractivity contribution is 8.13. The van der Waals surface area contributed by atoms with E-state index in [2.05, 4.69) is 15.1 Å². The molecule has 0 aliphatic rings. The molecule has 0 saturated carbocycles. The van der Waals surface area contributed by atoms with Crippen molar-refractivity contribution in [2.75, 3.05) is 5.75 Å². The summed E-state index contributed by atoms with van der Waals surface area (Å²) in [4.78, 5) is 31.8. The lowest BCUT2D eigenvalue weighted by Crippen LogP contribution is -2.40. The molecule has 4 aromatic rings. The van der Waals surface area contributed by atoms with Crippen LogP contribution in [0.5, 0.6) is 0 Å². The van der Waals surface area contributed by atoms with Gasteiger partial charge < -0.3 is 14.6 Å². The van der Waals surface area contributed by atoms with Crippen LogP contribution in [0.1, 0.15) is 42.8 Å². The number of aromatic nitrogens is 5. The number of esters is 1. The largest absolute Gasteiger partial charge is 0.460 e. The fourth-order valence-electron chi connectivity index (χ4n) is 4.15. The quantitative estimate of drug-likeness (QED) is 0.199. The van der Waals surface area contributed by atoms with Gasteiger partial charge in [-0.2, -0.15) is 4.57 Å². The monoisotopic (exact) mass is 602 g/mol. The van der Waals surface area contributed by atoms with Crippen LogP contribution in [0.25, 0.3) is 0 Å². The summed E-state index contributed by atoms with van der Waals surface area (Å²) < 4.78 is 56.2. The van der Waals surface area contributed by atoms with Crippen molar-refractivity contribution in [3.63, 3.8) is 0 Å². The number of hydrogen-bond acceptors (Lipinski definition) is 9. The molecule has 2 aromatic heterocycles. The van der Waals surface area contributed by atoms with E-state index in [0.717, 1.165) is 30.2 Å². The van der Waals surface area contributed by atoms with Crippen LogP contribution in [0, 0.1) is 17.5 Å². The van der Waals surface area contributed by atoms with E-state index >= 15 is 0 Å². The van der Waals surface area contributed by atoms with Crippen molar-refractivity contribution in [2.24, 2.45) is 0 Å². The van der Waals surface area contributed by atoms with Crippen LogP contribution in [0.2, 0.25) is 0 Å². The minimum absolute atomic E-state index is 0.0807. The number of nitrogens with zero attached hydrogens (tertiary/aromatic N) is 5. The molecule has 0 amide bonds. The van der Waals surface area contributed by atoms with Crippen LogP contribution in [-0.2, 0) is 33.0 Å². The normalized spacial score (nSPS) is 14.0. The van der Waals surface area contributed by atoms with Crippen LogP contribution in [-0.4, -0.2) is 41.9 Å². The summed E-state index contributed by atoms with van der Waals surface area (Å²) in [5.41, 5.74) is -1.82. The van der Waals surface area contributed by atoms with E-state index in [4.69, 9.17) is 9.47 Å². The Morgan fingerprint density at radius 2 is 1.88 bits per heavy atom. The van der Waals surface area contributed by atoms with Gasteiger partial charge in [0.05, 0.1) is 11.9 Å². The molecule has 0 fully saturated rings. The summed E-state index contributed by atoms with van der Waals surface area (Å²) >= 11 is 0.626. The van der Waals surface area contributed by atoms with Gasteiger partial charge in [-0.3, -0.25) is 4.79 Å². The highest BCUT2D eigenvalue weighted by Crippen LogP contribution is 2.39. The van der Waals surface area contributed by atoms with Crippen molar-refractivity contribution < 1.29 is 41.9 Å². The number of carbonyl (C=O) groups excluding carboxylic acids is 2. The molecule has 1 N–H and O–H groups in total. The molecule has 0 aliphatic carbocycles. The van der Waals surface area contributed by atoms with E-state index in [-0.39, 0.29) is 23.6 Å². The van der Waals surface area contributed by atoms with E-state index in [1.54, 1.807) is 19.1 Å². The maximum absolute atomic E-state index is 14.9. The number of hydrogen-bond donors (Lipinski definition) is 1. The second-order valence-corrected chi connectivity index (χ2v) is 10.2. The summed E-state index contributed by atoms with van der Waals surface area (Å²) in [6, 6.07) is 11.8. The number of halogens is 3. The number of thioether (sulfide) groups is 1. The Bertz CT molecular complexity index is 1540. The first-order chi connectivity index (χ1) is 20.1. The van der Waals surface area contributed by atoms with Gasteiger partial charge in [0, 0.05) is 29.6 Å². The number of rotatable bonds is 11. The molecule has 0 saturated heterocycles. The van der Waals surface area contributed by atoms with Crippen LogP contribution in [0.4, 0.5) is 18.0 Å². The van der Waals surface area contributed by atoms with Gasteiger partial charge >= 0.3 is 11.3 Å². The molecule has 0 bridgehead atoms. The van der Waals surface area contributed by atoms with Crippen molar-refractivity contribution in [1.29, 1.82) is 0 Å². The average Bonchev–Trinajstić information content (AvgIpc) is 3.43. The van der Waals surface area contributed by atoms with Crippen molar-refractivity contribution >= 4 is 23.0 Å². The third kappa shape index (κ3) is 7.50. The summed E-state index contributed by atoms with van der Waals surface area (Å²) in [5, 5.41) is 15.2. The molecule has 14 heteroatoms. The Hall–Kier alpha value is -4.30. The Morgan fingerprint density at radius 1 is 1.12 bits per heavy atom. The maximum Gasteiger partial charge on any atom is 0.370 e. The van der Waals surface area contributed by atoms with Gasteiger partial charge in [0.15, 0.2) is 5.82 Å². The van der Waals surface area contributed by atoms with Gasteiger partial charge in [-0.05, 0) is 23.4 Å². The minimum atomic E-state index is -2.15. The Kier molecular flexibility index (Phi) is 9.91. The van der Waals surface area contributed by atoms with Crippen molar-refractivity contribution in [1.82, 2.24) is 19.7 Å². The lowest BCUT2D eigenvalue weighted by atomic mass is 9.79. The molecular formula is C28H27F3N5O5S+. The third-order valence-electron chi connectivity index (χ3n) is 6.46. The third-order valence-corrected chi connectivity index (χ3v) is 7.17. The van der Waals surface area contributed by atoms with E-state index in [0.29, 0.717) is 17.8 Å². The fourth-order valence-corrected chi connectivity index (χ4v) is 4.68. The van der Waals surface area contributed by atoms with Crippen LogP contribution < -0.4 is 4.57 Å². The SMILES string of the molecule is CC(OC(=O)SCC(=O)OCc1ccccc1)[n+]1cnn(C[C@](O)(c2ccc(F)cc2F)[C@@H](C)c2ncncc2F)c1. The Labute approximate surface area is 243 Å². The topological polar surface area (TPSA) is 120 Å². The first-order valence-corrected chi connectivity index (χ1v) is 13.6. The zero-order valence-corrected chi connectivity index (χ0v) is 23.4. The lowest BCUT2D eigenvalue weighted by molar-refractivity contribution is -0.753. The van der Waals surface area contributed by atoms with Gasteiger partial charge in [0.25, 0.3) is 6.33 Å². The van der Waals surface area contributed by atoms with Gasteiger partial charge in [0.2, 0.25) is 12.6 Å². The fraction of sp³-hybridized carbons (Fsp3) is 0.286. The molecule has 4 rings (SSSR count). The molecule has 0 radical (unpaired) electrons. The standard InChI is InChI=1S/C28H27F3N5O5S/c1-18(26-24(31)11-32-15-33-26)28(39,22-9-8-21(29)10-23(22)30)14-36-17-35(16-34-36)19(2)41-27(38)42-13-25(37)40-12-20-6-4-3-5-7-20/h3-11,15-19,39H,12-14H2,1-2H3/q+1/t18-,19?,28+/m0/s1. The second kappa shape index (κ2) is 13.6. The van der Waals surface area contributed by atoms with E-state index in [9.17, 15) is 27.9 Å². The molecule has 2 heterocycles. The smallest absolute Gasteiger partial charge is 0.370 e. The van der Waals surface area contributed by atoms with E-state index < -0.39 is 53.0 Å². The Balaban J connectivity index is 1.42. The maximum atomic E-state index is 14.9. The van der Waals surface area contributed by atoms with Crippen LogP contribution >= 0.6 is 11.8 Å². The van der Waals surface area contributed by atoms with E-state index in [1.165, 1.54) is 28.8 Å². The second-order valence-electron chi connectivity index (χ2n) is 9.32. The number of benzene rings is 2. The van der Waals surface area contributed by atoms with E-state index in [1.807, 2.05) is 18.2 Å². The summed E-state index contributed by atoms with van der Waals surface area (Å²) in [6.07, 6.45) is 3.81. The van der Waals surface area contributed by atoms with Gasteiger partial charge in [-0.1, -0.05) is 43.3 Å². The molecule has 2 aromatic carbocycles. The number of aliphatic hydroxyl groups is 1. The first-order valence-electron chi connectivity index (χ1n) is 12.7. The number of carbonyl (C=O) groups is 2. The molecular weight excluding hydrogens is 575 g/mol. The molecule has 10 nitrogen and oxygen atoms in total. The van der Waals surface area contributed by atoms with Crippen molar-refractivity contribution in [3.05, 3.63) is 108 Å². The highest BCUT2D eigenvalue weighted by Gasteiger charge is 2.43. The minimum Gasteiger partial charge on any atom is -0.460 e. The predicted octanol–water partition coefficient (Wildman–Crippen LogP) is 4.20.